The Morgan fingerprint density at radius 2 is 0.929 bits per heavy atom. The van der Waals surface area contributed by atoms with Gasteiger partial charge < -0.3 is 5.48 Å². The SMILES string of the molecule is O.c1ccc(Pc2ccccc2)cc1. The Kier molecular flexibility index (Phi) is 4.31. The summed E-state index contributed by atoms with van der Waals surface area (Å²) in [5, 5.41) is 2.79. The van der Waals surface area contributed by atoms with Crippen LogP contribution in [0, 0.1) is 0 Å². The first-order chi connectivity index (χ1) is 6.45. The molecule has 2 N–H and O–H groups in total. The van der Waals surface area contributed by atoms with Crippen molar-refractivity contribution in [1.82, 2.24) is 0 Å². The highest BCUT2D eigenvalue weighted by molar-refractivity contribution is 7.55. The van der Waals surface area contributed by atoms with E-state index in [2.05, 4.69) is 60.7 Å². The van der Waals surface area contributed by atoms with E-state index in [0.717, 1.165) is 8.58 Å². The second-order valence-corrected chi connectivity index (χ2v) is 4.26. The monoisotopic (exact) mass is 204 g/mol. The number of hydrogen-bond donors (Lipinski definition) is 0. The third-order valence-corrected chi connectivity index (χ3v) is 3.08. The Morgan fingerprint density at radius 3 is 1.29 bits per heavy atom. The molecule has 0 bridgehead atoms. The highest BCUT2D eigenvalue weighted by Crippen LogP contribution is 2.08. The van der Waals surface area contributed by atoms with Crippen molar-refractivity contribution in [3.05, 3.63) is 60.7 Å². The largest absolute Gasteiger partial charge is 0.412 e. The van der Waals surface area contributed by atoms with Gasteiger partial charge in [-0.25, -0.2) is 0 Å². The van der Waals surface area contributed by atoms with Gasteiger partial charge in [-0.05, 0) is 10.6 Å². The zero-order valence-corrected chi connectivity index (χ0v) is 8.77. The van der Waals surface area contributed by atoms with Crippen molar-refractivity contribution in [2.24, 2.45) is 0 Å². The molecule has 0 aliphatic carbocycles. The van der Waals surface area contributed by atoms with E-state index >= 15 is 0 Å². The molecule has 2 heteroatoms. The fraction of sp³-hybridized carbons (Fsp3) is 0. The zero-order valence-electron chi connectivity index (χ0n) is 7.77. The van der Waals surface area contributed by atoms with Crippen LogP contribution in [0.4, 0.5) is 0 Å². The maximum Gasteiger partial charge on any atom is -0.0226 e. The molecular formula is C12H13OP. The molecule has 0 unspecified atom stereocenters. The van der Waals surface area contributed by atoms with E-state index in [9.17, 15) is 0 Å². The molecule has 0 aliphatic rings. The average Bonchev–Trinajstić information content (AvgIpc) is 2.21. The van der Waals surface area contributed by atoms with Crippen molar-refractivity contribution in [3.8, 4) is 0 Å². The molecule has 0 amide bonds. The molecule has 0 saturated carbocycles. The summed E-state index contributed by atoms with van der Waals surface area (Å²) in [6, 6.07) is 21.2. The molecule has 2 aromatic carbocycles. The van der Waals surface area contributed by atoms with Crippen LogP contribution in [-0.2, 0) is 0 Å². The van der Waals surface area contributed by atoms with Crippen molar-refractivity contribution in [3.63, 3.8) is 0 Å². The van der Waals surface area contributed by atoms with Crippen LogP contribution >= 0.6 is 8.58 Å². The van der Waals surface area contributed by atoms with Crippen molar-refractivity contribution >= 4 is 19.2 Å². The fourth-order valence-corrected chi connectivity index (χ4v) is 2.26. The maximum absolute atomic E-state index is 2.17. The molecule has 0 aromatic heterocycles. The first-order valence-corrected chi connectivity index (χ1v) is 5.32. The summed E-state index contributed by atoms with van der Waals surface area (Å²) in [7, 11) is 0.777. The van der Waals surface area contributed by atoms with E-state index in [0.29, 0.717) is 0 Å². The van der Waals surface area contributed by atoms with Gasteiger partial charge in [0.05, 0.1) is 0 Å². The van der Waals surface area contributed by atoms with E-state index in [-0.39, 0.29) is 5.48 Å². The van der Waals surface area contributed by atoms with Gasteiger partial charge in [0.25, 0.3) is 0 Å². The summed E-state index contributed by atoms with van der Waals surface area (Å²) in [5.41, 5.74) is 0. The van der Waals surface area contributed by atoms with Crippen LogP contribution in [0.25, 0.3) is 0 Å². The smallest absolute Gasteiger partial charge is 0.0226 e. The Labute approximate surface area is 85.9 Å². The fourth-order valence-electron chi connectivity index (χ4n) is 1.21. The van der Waals surface area contributed by atoms with Gasteiger partial charge in [0.15, 0.2) is 0 Å². The van der Waals surface area contributed by atoms with Crippen LogP contribution < -0.4 is 10.6 Å². The predicted molar refractivity (Wildman–Crippen MR) is 64.1 cm³/mol. The van der Waals surface area contributed by atoms with E-state index in [1.807, 2.05) is 0 Å². The molecule has 14 heavy (non-hydrogen) atoms. The molecule has 2 rings (SSSR count). The lowest BCUT2D eigenvalue weighted by Crippen LogP contribution is -2.01. The molecule has 0 atom stereocenters. The Hall–Kier alpha value is -1.17. The van der Waals surface area contributed by atoms with Gasteiger partial charge in [-0.2, -0.15) is 0 Å². The van der Waals surface area contributed by atoms with Crippen LogP contribution in [0.2, 0.25) is 0 Å². The minimum Gasteiger partial charge on any atom is -0.412 e. The molecule has 72 valence electrons. The van der Waals surface area contributed by atoms with Gasteiger partial charge >= 0.3 is 0 Å². The van der Waals surface area contributed by atoms with E-state index in [4.69, 9.17) is 0 Å². The standard InChI is InChI=1S/C12H11P.H2O/c1-3-7-11(8-4-1)13-12-9-5-2-6-10-12;/h1-10,13H;1H2. The first-order valence-electron chi connectivity index (χ1n) is 4.32. The molecule has 0 aliphatic heterocycles. The minimum atomic E-state index is 0. The van der Waals surface area contributed by atoms with E-state index < -0.39 is 0 Å². The number of rotatable bonds is 2. The third kappa shape index (κ3) is 2.95. The number of hydrogen-bond acceptors (Lipinski definition) is 0. The maximum atomic E-state index is 2.17. The quantitative estimate of drug-likeness (QED) is 0.664. The zero-order chi connectivity index (χ0) is 8.93. The van der Waals surface area contributed by atoms with Gasteiger partial charge in [-0.1, -0.05) is 69.2 Å². The summed E-state index contributed by atoms with van der Waals surface area (Å²) in [6.07, 6.45) is 0. The molecule has 0 heterocycles. The van der Waals surface area contributed by atoms with Gasteiger partial charge in [0.2, 0.25) is 0 Å². The lowest BCUT2D eigenvalue weighted by Gasteiger charge is -2.00. The lowest BCUT2D eigenvalue weighted by molar-refractivity contribution is 0.824. The van der Waals surface area contributed by atoms with Crippen LogP contribution in [0.1, 0.15) is 0 Å². The summed E-state index contributed by atoms with van der Waals surface area (Å²) in [4.78, 5) is 0. The molecule has 0 saturated heterocycles. The van der Waals surface area contributed by atoms with Crippen LogP contribution in [0.15, 0.2) is 60.7 Å². The Balaban J connectivity index is 0.000000980. The lowest BCUT2D eigenvalue weighted by atomic mass is 10.4. The van der Waals surface area contributed by atoms with E-state index in [1.165, 1.54) is 10.6 Å². The molecule has 0 radical (unpaired) electrons. The van der Waals surface area contributed by atoms with E-state index in [1.54, 1.807) is 0 Å². The van der Waals surface area contributed by atoms with Crippen molar-refractivity contribution < 1.29 is 5.48 Å². The van der Waals surface area contributed by atoms with Crippen LogP contribution in [0.3, 0.4) is 0 Å². The molecular weight excluding hydrogens is 191 g/mol. The second kappa shape index (κ2) is 5.54. The predicted octanol–water partition coefficient (Wildman–Crippen LogP) is 1.49. The molecule has 0 fully saturated rings. The summed E-state index contributed by atoms with van der Waals surface area (Å²) in [6.45, 7) is 0. The number of benzene rings is 2. The van der Waals surface area contributed by atoms with Gasteiger partial charge in [0.1, 0.15) is 0 Å². The normalized spacial score (nSPS) is 9.14. The van der Waals surface area contributed by atoms with Gasteiger partial charge in [-0.15, -0.1) is 0 Å². The van der Waals surface area contributed by atoms with Crippen molar-refractivity contribution in [1.29, 1.82) is 0 Å². The Morgan fingerprint density at radius 1 is 0.571 bits per heavy atom. The molecule has 1 nitrogen and oxygen atoms in total. The highest BCUT2D eigenvalue weighted by atomic mass is 31.1. The van der Waals surface area contributed by atoms with Crippen LogP contribution in [-0.4, -0.2) is 5.48 Å². The van der Waals surface area contributed by atoms with Gasteiger partial charge in [0, 0.05) is 0 Å². The van der Waals surface area contributed by atoms with Crippen LogP contribution in [0.5, 0.6) is 0 Å². The third-order valence-electron chi connectivity index (χ3n) is 1.84. The summed E-state index contributed by atoms with van der Waals surface area (Å²) in [5.74, 6) is 0. The van der Waals surface area contributed by atoms with Gasteiger partial charge in [-0.3, -0.25) is 0 Å². The van der Waals surface area contributed by atoms with Crippen molar-refractivity contribution in [2.75, 3.05) is 0 Å². The van der Waals surface area contributed by atoms with Crippen molar-refractivity contribution in [2.45, 2.75) is 0 Å². The first kappa shape index (κ1) is 10.9. The summed E-state index contributed by atoms with van der Waals surface area (Å²) < 4.78 is 0. The minimum absolute atomic E-state index is 0. The highest BCUT2D eigenvalue weighted by Gasteiger charge is 1.92. The molecule has 0 spiro atoms. The average molecular weight is 204 g/mol. The molecule has 2 aromatic rings. The summed E-state index contributed by atoms with van der Waals surface area (Å²) >= 11 is 0. The Bertz CT molecular complexity index is 321. The second-order valence-electron chi connectivity index (χ2n) is 2.86. The topological polar surface area (TPSA) is 31.5 Å².